The van der Waals surface area contributed by atoms with E-state index >= 15 is 0 Å². The Balaban J connectivity index is 1.82. The van der Waals surface area contributed by atoms with Gasteiger partial charge in [0.15, 0.2) is 0 Å². The second-order valence-corrected chi connectivity index (χ2v) is 4.95. The molecular formula is C14H21FN2O. The van der Waals surface area contributed by atoms with Gasteiger partial charge in [-0.1, -0.05) is 6.42 Å². The number of hydrogen-bond donors (Lipinski definition) is 1. The molecule has 0 amide bonds. The summed E-state index contributed by atoms with van der Waals surface area (Å²) in [6.45, 7) is 1.75. The second kappa shape index (κ2) is 6.05. The fourth-order valence-corrected chi connectivity index (χ4v) is 2.45. The lowest BCUT2D eigenvalue weighted by atomic mass is 10.0. The van der Waals surface area contributed by atoms with Crippen LogP contribution in [0.3, 0.4) is 0 Å². The summed E-state index contributed by atoms with van der Waals surface area (Å²) >= 11 is 0. The van der Waals surface area contributed by atoms with E-state index in [1.165, 1.54) is 37.5 Å². The van der Waals surface area contributed by atoms with Crippen LogP contribution in [0.25, 0.3) is 0 Å². The molecule has 2 rings (SSSR count). The monoisotopic (exact) mass is 252 g/mol. The van der Waals surface area contributed by atoms with Gasteiger partial charge in [0, 0.05) is 12.1 Å². The van der Waals surface area contributed by atoms with Crippen LogP contribution in [-0.4, -0.2) is 31.1 Å². The summed E-state index contributed by atoms with van der Waals surface area (Å²) in [7, 11) is 2.15. The lowest BCUT2D eigenvalue weighted by Gasteiger charge is -2.32. The summed E-state index contributed by atoms with van der Waals surface area (Å²) in [6, 6.07) is 4.81. The number of nitrogens with two attached hydrogens (primary N) is 1. The molecular weight excluding hydrogens is 231 g/mol. The molecule has 1 atom stereocenters. The van der Waals surface area contributed by atoms with Crippen molar-refractivity contribution in [2.75, 3.05) is 25.9 Å². The highest BCUT2D eigenvalue weighted by Crippen LogP contribution is 2.23. The molecule has 4 heteroatoms. The van der Waals surface area contributed by atoms with Gasteiger partial charge in [-0.05, 0) is 45.0 Å². The van der Waals surface area contributed by atoms with Crippen LogP contribution in [0.1, 0.15) is 25.7 Å². The van der Waals surface area contributed by atoms with Crippen molar-refractivity contribution in [1.82, 2.24) is 4.90 Å². The Bertz CT molecular complexity index is 397. The van der Waals surface area contributed by atoms with E-state index in [-0.39, 0.29) is 5.82 Å². The molecule has 0 aromatic heterocycles. The van der Waals surface area contributed by atoms with Gasteiger partial charge in [0.25, 0.3) is 0 Å². The highest BCUT2D eigenvalue weighted by Gasteiger charge is 2.18. The van der Waals surface area contributed by atoms with Gasteiger partial charge >= 0.3 is 0 Å². The van der Waals surface area contributed by atoms with Crippen molar-refractivity contribution >= 4 is 5.69 Å². The van der Waals surface area contributed by atoms with Crippen LogP contribution < -0.4 is 10.5 Å². The normalized spacial score (nSPS) is 20.9. The molecule has 0 aliphatic carbocycles. The van der Waals surface area contributed by atoms with Crippen LogP contribution in [0, 0.1) is 5.82 Å². The van der Waals surface area contributed by atoms with Crippen molar-refractivity contribution in [3.8, 4) is 5.75 Å². The first kappa shape index (κ1) is 13.1. The van der Waals surface area contributed by atoms with Crippen LogP contribution in [-0.2, 0) is 0 Å². The van der Waals surface area contributed by atoms with Gasteiger partial charge in [0.05, 0.1) is 12.3 Å². The van der Waals surface area contributed by atoms with Crippen LogP contribution in [0.5, 0.6) is 5.75 Å². The van der Waals surface area contributed by atoms with Gasteiger partial charge in [-0.2, -0.15) is 0 Å². The molecule has 0 bridgehead atoms. The zero-order valence-corrected chi connectivity index (χ0v) is 10.9. The minimum atomic E-state index is -0.311. The molecule has 1 aromatic carbocycles. The third-order valence-corrected chi connectivity index (χ3v) is 3.61. The van der Waals surface area contributed by atoms with Crippen LogP contribution in [0.4, 0.5) is 10.1 Å². The number of benzene rings is 1. The Morgan fingerprint density at radius 1 is 1.44 bits per heavy atom. The number of halogens is 1. The first-order chi connectivity index (χ1) is 8.66. The summed E-state index contributed by atoms with van der Waals surface area (Å²) in [4.78, 5) is 2.38. The third kappa shape index (κ3) is 3.35. The average Bonchev–Trinajstić information content (AvgIpc) is 2.36. The van der Waals surface area contributed by atoms with E-state index in [0.29, 0.717) is 24.1 Å². The van der Waals surface area contributed by atoms with E-state index < -0.39 is 0 Å². The standard InChI is InChI=1S/C14H21FN2O/c1-17-8-3-2-4-12(17)7-9-18-14-10-11(15)5-6-13(14)16/h5-6,10,12H,2-4,7-9,16H2,1H3. The minimum Gasteiger partial charge on any atom is -0.491 e. The molecule has 1 heterocycles. The smallest absolute Gasteiger partial charge is 0.145 e. The van der Waals surface area contributed by atoms with E-state index in [2.05, 4.69) is 11.9 Å². The van der Waals surface area contributed by atoms with Crippen molar-refractivity contribution in [3.63, 3.8) is 0 Å². The van der Waals surface area contributed by atoms with Gasteiger partial charge < -0.3 is 15.4 Å². The van der Waals surface area contributed by atoms with Gasteiger partial charge in [-0.15, -0.1) is 0 Å². The molecule has 0 saturated carbocycles. The van der Waals surface area contributed by atoms with Crippen molar-refractivity contribution in [2.45, 2.75) is 31.7 Å². The lowest BCUT2D eigenvalue weighted by molar-refractivity contribution is 0.153. The first-order valence-electron chi connectivity index (χ1n) is 6.55. The van der Waals surface area contributed by atoms with E-state index in [9.17, 15) is 4.39 Å². The number of hydrogen-bond acceptors (Lipinski definition) is 3. The van der Waals surface area contributed by atoms with E-state index in [4.69, 9.17) is 10.5 Å². The molecule has 18 heavy (non-hydrogen) atoms. The summed E-state index contributed by atoms with van der Waals surface area (Å²) < 4.78 is 18.6. The summed E-state index contributed by atoms with van der Waals surface area (Å²) in [5.41, 5.74) is 6.23. The predicted octanol–water partition coefficient (Wildman–Crippen LogP) is 2.66. The highest BCUT2D eigenvalue weighted by atomic mass is 19.1. The van der Waals surface area contributed by atoms with E-state index in [0.717, 1.165) is 13.0 Å². The SMILES string of the molecule is CN1CCCCC1CCOc1cc(F)ccc1N. The van der Waals surface area contributed by atoms with E-state index in [1.54, 1.807) is 0 Å². The maximum absolute atomic E-state index is 13.0. The van der Waals surface area contributed by atoms with E-state index in [1.807, 2.05) is 0 Å². The number of piperidine rings is 1. The fourth-order valence-electron chi connectivity index (χ4n) is 2.45. The van der Waals surface area contributed by atoms with Crippen molar-refractivity contribution in [2.24, 2.45) is 0 Å². The Hall–Kier alpha value is -1.29. The quantitative estimate of drug-likeness (QED) is 0.837. The molecule has 1 unspecified atom stereocenters. The maximum atomic E-state index is 13.0. The van der Waals surface area contributed by atoms with Crippen molar-refractivity contribution < 1.29 is 9.13 Å². The Kier molecular flexibility index (Phi) is 4.42. The number of nitrogen functional groups attached to an aromatic ring is 1. The molecule has 1 aliphatic heterocycles. The largest absolute Gasteiger partial charge is 0.491 e. The lowest BCUT2D eigenvalue weighted by Crippen LogP contribution is -2.37. The zero-order valence-electron chi connectivity index (χ0n) is 10.9. The maximum Gasteiger partial charge on any atom is 0.145 e. The Labute approximate surface area is 108 Å². The minimum absolute atomic E-state index is 0.311. The fraction of sp³-hybridized carbons (Fsp3) is 0.571. The predicted molar refractivity (Wildman–Crippen MR) is 71.2 cm³/mol. The van der Waals surface area contributed by atoms with Crippen LogP contribution in [0.15, 0.2) is 18.2 Å². The first-order valence-corrected chi connectivity index (χ1v) is 6.55. The van der Waals surface area contributed by atoms with Crippen LogP contribution >= 0.6 is 0 Å². The van der Waals surface area contributed by atoms with Gasteiger partial charge in [0.2, 0.25) is 0 Å². The van der Waals surface area contributed by atoms with Gasteiger partial charge in [-0.25, -0.2) is 4.39 Å². The van der Waals surface area contributed by atoms with Crippen molar-refractivity contribution in [3.05, 3.63) is 24.0 Å². The molecule has 1 aromatic rings. The Morgan fingerprint density at radius 2 is 2.28 bits per heavy atom. The molecule has 1 fully saturated rings. The molecule has 1 saturated heterocycles. The summed E-state index contributed by atoms with van der Waals surface area (Å²) in [5, 5.41) is 0. The number of nitrogens with zero attached hydrogens (tertiary/aromatic N) is 1. The highest BCUT2D eigenvalue weighted by molar-refractivity contribution is 5.52. The van der Waals surface area contributed by atoms with Gasteiger partial charge in [0.1, 0.15) is 11.6 Å². The molecule has 0 spiro atoms. The average molecular weight is 252 g/mol. The molecule has 0 radical (unpaired) electrons. The third-order valence-electron chi connectivity index (χ3n) is 3.61. The topological polar surface area (TPSA) is 38.5 Å². The molecule has 3 nitrogen and oxygen atoms in total. The van der Waals surface area contributed by atoms with Crippen LogP contribution in [0.2, 0.25) is 0 Å². The molecule has 100 valence electrons. The number of anilines is 1. The number of ether oxygens (including phenoxy) is 1. The molecule has 1 aliphatic rings. The van der Waals surface area contributed by atoms with Crippen molar-refractivity contribution in [1.29, 1.82) is 0 Å². The summed E-state index contributed by atoms with van der Waals surface area (Å²) in [5.74, 6) is 0.141. The number of likely N-dealkylation sites (tertiary alicyclic amines) is 1. The summed E-state index contributed by atoms with van der Waals surface area (Å²) in [6.07, 6.45) is 4.76. The molecule has 2 N–H and O–H groups in total. The number of rotatable bonds is 4. The Morgan fingerprint density at radius 3 is 3.06 bits per heavy atom. The van der Waals surface area contributed by atoms with Gasteiger partial charge in [-0.3, -0.25) is 0 Å². The second-order valence-electron chi connectivity index (χ2n) is 4.95. The zero-order chi connectivity index (χ0) is 13.0.